The molecular formula is C28H26N4O4. The summed E-state index contributed by atoms with van der Waals surface area (Å²) < 4.78 is 12.1. The van der Waals surface area contributed by atoms with Gasteiger partial charge in [0.2, 0.25) is 5.95 Å². The van der Waals surface area contributed by atoms with Crippen LogP contribution >= 0.6 is 0 Å². The molecule has 0 bridgehead atoms. The van der Waals surface area contributed by atoms with Crippen molar-refractivity contribution in [1.29, 1.82) is 0 Å². The first kappa shape index (κ1) is 23.3. The lowest BCUT2D eigenvalue weighted by Crippen LogP contribution is -2.21. The molecule has 8 heteroatoms. The van der Waals surface area contributed by atoms with E-state index >= 15 is 0 Å². The van der Waals surface area contributed by atoms with Crippen LogP contribution in [0.1, 0.15) is 37.0 Å². The number of benzene rings is 3. The lowest BCUT2D eigenvalue weighted by molar-refractivity contribution is -0.143. The molecule has 4 aromatic rings. The molecule has 0 saturated heterocycles. The van der Waals surface area contributed by atoms with Crippen molar-refractivity contribution in [2.24, 2.45) is 0 Å². The summed E-state index contributed by atoms with van der Waals surface area (Å²) in [6, 6.07) is 25.3. The van der Waals surface area contributed by atoms with Gasteiger partial charge in [-0.05, 0) is 54.2 Å². The minimum absolute atomic E-state index is 0.170. The van der Waals surface area contributed by atoms with E-state index in [1.807, 2.05) is 85.8 Å². The molecule has 1 heterocycles. The van der Waals surface area contributed by atoms with Gasteiger partial charge in [-0.25, -0.2) is 4.79 Å². The highest BCUT2D eigenvalue weighted by Gasteiger charge is 2.52. The number of rotatable bonds is 7. The van der Waals surface area contributed by atoms with Gasteiger partial charge in [-0.2, -0.15) is 0 Å². The molecule has 182 valence electrons. The summed E-state index contributed by atoms with van der Waals surface area (Å²) in [6.45, 7) is 1.81. The van der Waals surface area contributed by atoms with Crippen molar-refractivity contribution in [3.05, 3.63) is 96.3 Å². The summed E-state index contributed by atoms with van der Waals surface area (Å²) in [6.07, 6.45) is 2.15. The minimum atomic E-state index is -0.613. The Hall–Kier alpha value is -4.46. The first-order valence-corrected chi connectivity index (χ1v) is 11.7. The van der Waals surface area contributed by atoms with Crippen LogP contribution in [0.2, 0.25) is 0 Å². The van der Waals surface area contributed by atoms with Gasteiger partial charge in [0.25, 0.3) is 0 Å². The van der Waals surface area contributed by atoms with Crippen LogP contribution in [0.5, 0.6) is 0 Å². The maximum atomic E-state index is 12.4. The zero-order chi connectivity index (χ0) is 25.1. The number of aromatic nitrogens is 3. The van der Waals surface area contributed by atoms with E-state index < -0.39 is 17.6 Å². The number of carbonyl (C=O) groups excluding carboxylic acids is 2. The predicted molar refractivity (Wildman–Crippen MR) is 135 cm³/mol. The third kappa shape index (κ3) is 4.57. The van der Waals surface area contributed by atoms with E-state index in [1.165, 1.54) is 13.4 Å². The Kier molecular flexibility index (Phi) is 6.25. The van der Waals surface area contributed by atoms with E-state index in [9.17, 15) is 9.59 Å². The highest BCUT2D eigenvalue weighted by atomic mass is 16.6. The van der Waals surface area contributed by atoms with Crippen molar-refractivity contribution in [3.63, 3.8) is 0 Å². The summed E-state index contributed by atoms with van der Waals surface area (Å²) in [7, 11) is 1.43. The number of amides is 1. The number of methoxy groups -OCH3 is 1. The molecule has 1 amide bonds. The molecule has 36 heavy (non-hydrogen) atoms. The fourth-order valence-corrected chi connectivity index (χ4v) is 4.31. The molecule has 1 atom stereocenters. The van der Waals surface area contributed by atoms with Gasteiger partial charge in [-0.1, -0.05) is 66.7 Å². The molecule has 1 N–H and O–H groups in total. The van der Waals surface area contributed by atoms with Gasteiger partial charge in [0.15, 0.2) is 0 Å². The maximum Gasteiger partial charge on any atom is 0.414 e. The van der Waals surface area contributed by atoms with Gasteiger partial charge in [-0.15, -0.1) is 10.2 Å². The molecule has 1 aliphatic carbocycles. The first-order valence-electron chi connectivity index (χ1n) is 11.7. The van der Waals surface area contributed by atoms with Gasteiger partial charge in [0.05, 0.1) is 18.2 Å². The number of anilines is 1. The Balaban J connectivity index is 1.27. The molecule has 0 radical (unpaired) electrons. The molecule has 1 aromatic heterocycles. The van der Waals surface area contributed by atoms with E-state index in [4.69, 9.17) is 9.47 Å². The Morgan fingerprint density at radius 1 is 0.944 bits per heavy atom. The van der Waals surface area contributed by atoms with Crippen LogP contribution in [0, 0.1) is 0 Å². The van der Waals surface area contributed by atoms with Gasteiger partial charge in [0.1, 0.15) is 12.4 Å². The molecule has 5 rings (SSSR count). The number of hydrogen-bond acceptors (Lipinski definition) is 6. The second-order valence-corrected chi connectivity index (χ2v) is 8.81. The molecule has 1 saturated carbocycles. The van der Waals surface area contributed by atoms with Crippen LogP contribution < -0.4 is 5.32 Å². The lowest BCUT2D eigenvalue weighted by atomic mass is 9.94. The Morgan fingerprint density at radius 2 is 1.58 bits per heavy atom. The SMILES string of the molecule is COC(=O)C1(c2ccc(-c3ccc(-n4cnnc4NC(=O)OC(C)c4ccccc4)cc3)cc2)CC1. The smallest absolute Gasteiger partial charge is 0.414 e. The molecular weight excluding hydrogens is 456 g/mol. The topological polar surface area (TPSA) is 95.3 Å². The van der Waals surface area contributed by atoms with Crippen molar-refractivity contribution in [2.45, 2.75) is 31.3 Å². The third-order valence-corrected chi connectivity index (χ3v) is 6.56. The Labute approximate surface area is 208 Å². The minimum Gasteiger partial charge on any atom is -0.468 e. The summed E-state index contributed by atoms with van der Waals surface area (Å²) in [4.78, 5) is 24.6. The Bertz CT molecular complexity index is 1360. The van der Waals surface area contributed by atoms with Crippen molar-refractivity contribution in [3.8, 4) is 16.8 Å². The molecule has 1 fully saturated rings. The lowest BCUT2D eigenvalue weighted by Gasteiger charge is -2.14. The zero-order valence-corrected chi connectivity index (χ0v) is 20.0. The van der Waals surface area contributed by atoms with Crippen LogP contribution in [0.4, 0.5) is 10.7 Å². The normalized spacial score (nSPS) is 14.5. The predicted octanol–water partition coefficient (Wildman–Crippen LogP) is 5.45. The highest BCUT2D eigenvalue weighted by molar-refractivity contribution is 5.87. The van der Waals surface area contributed by atoms with Crippen LogP contribution in [0.25, 0.3) is 16.8 Å². The highest BCUT2D eigenvalue weighted by Crippen LogP contribution is 2.49. The van der Waals surface area contributed by atoms with E-state index in [0.717, 1.165) is 40.8 Å². The summed E-state index contributed by atoms with van der Waals surface area (Å²) in [5, 5.41) is 10.6. The Morgan fingerprint density at radius 3 is 2.19 bits per heavy atom. The number of esters is 1. The number of hydrogen-bond donors (Lipinski definition) is 1. The average Bonchev–Trinajstić information content (AvgIpc) is 3.61. The molecule has 3 aromatic carbocycles. The van der Waals surface area contributed by atoms with E-state index in [2.05, 4.69) is 15.5 Å². The van der Waals surface area contributed by atoms with Crippen molar-refractivity contribution >= 4 is 18.0 Å². The maximum absolute atomic E-state index is 12.4. The third-order valence-electron chi connectivity index (χ3n) is 6.56. The number of nitrogens with zero attached hydrogens (tertiary/aromatic N) is 3. The molecule has 0 aliphatic heterocycles. The average molecular weight is 483 g/mol. The molecule has 1 aliphatic rings. The summed E-state index contributed by atoms with van der Waals surface area (Å²) in [5.41, 5.74) is 4.25. The first-order chi connectivity index (χ1) is 17.5. The van der Waals surface area contributed by atoms with Crippen LogP contribution in [0.15, 0.2) is 85.2 Å². The second-order valence-electron chi connectivity index (χ2n) is 8.81. The number of ether oxygens (including phenoxy) is 2. The van der Waals surface area contributed by atoms with Crippen LogP contribution in [-0.2, 0) is 19.7 Å². The quantitative estimate of drug-likeness (QED) is 0.352. The summed E-state index contributed by atoms with van der Waals surface area (Å²) in [5.74, 6) is 0.0891. The fraction of sp³-hybridized carbons (Fsp3) is 0.214. The van der Waals surface area contributed by atoms with Crippen molar-refractivity contribution in [2.75, 3.05) is 12.4 Å². The van der Waals surface area contributed by atoms with Gasteiger partial charge in [-0.3, -0.25) is 14.7 Å². The second kappa shape index (κ2) is 9.65. The molecule has 0 spiro atoms. The fourth-order valence-electron chi connectivity index (χ4n) is 4.31. The van der Waals surface area contributed by atoms with E-state index in [1.54, 1.807) is 4.57 Å². The van der Waals surface area contributed by atoms with Crippen LogP contribution in [0.3, 0.4) is 0 Å². The van der Waals surface area contributed by atoms with Crippen molar-refractivity contribution < 1.29 is 19.1 Å². The van der Waals surface area contributed by atoms with Gasteiger partial charge >= 0.3 is 12.1 Å². The van der Waals surface area contributed by atoms with Crippen molar-refractivity contribution in [1.82, 2.24) is 14.8 Å². The zero-order valence-electron chi connectivity index (χ0n) is 20.0. The van der Waals surface area contributed by atoms with Crippen LogP contribution in [-0.4, -0.2) is 33.9 Å². The standard InChI is InChI=1S/C28H26N4O4/c1-19(20-6-4-3-5-7-20)36-27(34)30-26-31-29-18-32(26)24-14-10-22(11-15-24)21-8-12-23(13-9-21)28(16-17-28)25(33)35-2/h3-15,18-19H,16-17H2,1-2H3,(H,30,31,34). The number of nitrogens with one attached hydrogen (secondary N) is 1. The number of carbonyl (C=O) groups is 2. The van der Waals surface area contributed by atoms with E-state index in [-0.39, 0.29) is 11.9 Å². The van der Waals surface area contributed by atoms with Gasteiger partial charge in [0, 0.05) is 0 Å². The molecule has 1 unspecified atom stereocenters. The van der Waals surface area contributed by atoms with E-state index in [0.29, 0.717) is 0 Å². The summed E-state index contributed by atoms with van der Waals surface area (Å²) >= 11 is 0. The monoisotopic (exact) mass is 482 g/mol. The van der Waals surface area contributed by atoms with Gasteiger partial charge < -0.3 is 9.47 Å². The largest absolute Gasteiger partial charge is 0.468 e. The molecule has 8 nitrogen and oxygen atoms in total.